The maximum absolute atomic E-state index is 11.8. The van der Waals surface area contributed by atoms with Gasteiger partial charge in [-0.3, -0.25) is 0 Å². The van der Waals surface area contributed by atoms with Crippen molar-refractivity contribution in [1.82, 2.24) is 10.2 Å². The van der Waals surface area contributed by atoms with Crippen LogP contribution < -0.4 is 5.32 Å². The van der Waals surface area contributed by atoms with Crippen molar-refractivity contribution < 1.29 is 14.3 Å². The molecule has 0 bridgehead atoms. The van der Waals surface area contributed by atoms with E-state index in [0.717, 1.165) is 44.9 Å². The minimum Gasteiger partial charge on any atom is -0.441 e. The van der Waals surface area contributed by atoms with Crippen molar-refractivity contribution in [1.29, 1.82) is 0 Å². The Balaban J connectivity index is 1.37. The van der Waals surface area contributed by atoms with Crippen LogP contribution in [-0.4, -0.2) is 56.0 Å². The molecule has 3 unspecified atom stereocenters. The number of amides is 1. The first-order valence-corrected chi connectivity index (χ1v) is 11.0. The molecular formula is C23H36N2O3. The summed E-state index contributed by atoms with van der Waals surface area (Å²) < 4.78 is 11.9. The summed E-state index contributed by atoms with van der Waals surface area (Å²) in [5.41, 5.74) is 2.89. The minimum absolute atomic E-state index is 0.195. The second-order valence-electron chi connectivity index (χ2n) is 9.90. The maximum atomic E-state index is 11.8. The summed E-state index contributed by atoms with van der Waals surface area (Å²) in [5, 5.41) is 3.61. The molecule has 4 rings (SSSR count). The number of carbonyl (C=O) groups is 1. The van der Waals surface area contributed by atoms with Gasteiger partial charge in [-0.05, 0) is 54.7 Å². The van der Waals surface area contributed by atoms with Crippen LogP contribution in [0, 0.1) is 17.3 Å². The number of fused-ring (bicyclic) bond motifs is 1. The lowest BCUT2D eigenvalue weighted by Gasteiger charge is -2.45. The predicted molar refractivity (Wildman–Crippen MR) is 110 cm³/mol. The first kappa shape index (κ1) is 20.0. The maximum Gasteiger partial charge on any atom is 0.410 e. The molecule has 3 atom stereocenters. The van der Waals surface area contributed by atoms with Crippen molar-refractivity contribution in [3.63, 3.8) is 0 Å². The number of carbonyl (C=O) groups excluding carboxylic acids is 1. The molecule has 5 heteroatoms. The summed E-state index contributed by atoms with van der Waals surface area (Å²) in [6, 6.07) is 0. The van der Waals surface area contributed by atoms with E-state index in [0.29, 0.717) is 12.5 Å². The topological polar surface area (TPSA) is 50.8 Å². The van der Waals surface area contributed by atoms with Gasteiger partial charge in [0.05, 0.1) is 12.6 Å². The summed E-state index contributed by atoms with van der Waals surface area (Å²) in [6.45, 7) is 10.2. The number of hydrogen-bond donors (Lipinski definition) is 1. The van der Waals surface area contributed by atoms with Gasteiger partial charge < -0.3 is 19.7 Å². The van der Waals surface area contributed by atoms with Crippen LogP contribution >= 0.6 is 0 Å². The molecule has 1 amide bonds. The Hall–Kier alpha value is -1.33. The van der Waals surface area contributed by atoms with Gasteiger partial charge in [-0.25, -0.2) is 4.79 Å². The predicted octanol–water partition coefficient (Wildman–Crippen LogP) is 3.90. The second-order valence-corrected chi connectivity index (χ2v) is 9.90. The largest absolute Gasteiger partial charge is 0.441 e. The van der Waals surface area contributed by atoms with E-state index in [1.54, 1.807) is 4.90 Å². The molecule has 1 N–H and O–H groups in total. The van der Waals surface area contributed by atoms with Crippen LogP contribution in [0.25, 0.3) is 0 Å². The Bertz CT molecular complexity index is 679. The fourth-order valence-corrected chi connectivity index (χ4v) is 5.03. The average molecular weight is 389 g/mol. The third-order valence-corrected chi connectivity index (χ3v) is 7.27. The first-order chi connectivity index (χ1) is 13.3. The Morgan fingerprint density at radius 2 is 2.11 bits per heavy atom. The van der Waals surface area contributed by atoms with Crippen LogP contribution in [0.3, 0.4) is 0 Å². The van der Waals surface area contributed by atoms with Gasteiger partial charge in [0, 0.05) is 32.5 Å². The van der Waals surface area contributed by atoms with Crippen molar-refractivity contribution in [2.75, 3.05) is 33.3 Å². The molecule has 0 aromatic rings. The SMILES string of the molecule is CCC1(CCNCC2=CC3C(OCCC3(C)C)C(C3CC3)=C2)CN(C)C(=O)O1. The van der Waals surface area contributed by atoms with Crippen molar-refractivity contribution in [3.8, 4) is 0 Å². The van der Waals surface area contributed by atoms with Gasteiger partial charge in [0.2, 0.25) is 0 Å². The van der Waals surface area contributed by atoms with Crippen LogP contribution in [0.2, 0.25) is 0 Å². The second kappa shape index (κ2) is 7.49. The molecule has 0 radical (unpaired) electrons. The van der Waals surface area contributed by atoms with E-state index in [4.69, 9.17) is 9.47 Å². The third-order valence-electron chi connectivity index (χ3n) is 7.27. The highest BCUT2D eigenvalue weighted by molar-refractivity contribution is 5.70. The fourth-order valence-electron chi connectivity index (χ4n) is 5.03. The number of cyclic esters (lactones) is 1. The van der Waals surface area contributed by atoms with Crippen molar-refractivity contribution >= 4 is 6.09 Å². The number of nitrogens with zero attached hydrogens (tertiary/aromatic N) is 1. The Kier molecular flexibility index (Phi) is 5.34. The molecule has 2 saturated heterocycles. The highest BCUT2D eigenvalue weighted by atomic mass is 16.6. The molecule has 1 saturated carbocycles. The Labute approximate surface area is 169 Å². The van der Waals surface area contributed by atoms with Crippen LogP contribution in [0.15, 0.2) is 23.3 Å². The van der Waals surface area contributed by atoms with Crippen molar-refractivity contribution in [2.24, 2.45) is 17.3 Å². The monoisotopic (exact) mass is 388 g/mol. The molecule has 156 valence electrons. The van der Waals surface area contributed by atoms with Crippen molar-refractivity contribution in [2.45, 2.75) is 64.6 Å². The van der Waals surface area contributed by atoms with E-state index in [2.05, 4.69) is 38.2 Å². The van der Waals surface area contributed by atoms with Crippen LogP contribution in [0.1, 0.15) is 52.9 Å². The number of nitrogens with one attached hydrogen (secondary N) is 1. The quantitative estimate of drug-likeness (QED) is 0.672. The van der Waals surface area contributed by atoms with Gasteiger partial charge in [0.1, 0.15) is 5.60 Å². The zero-order valence-corrected chi connectivity index (χ0v) is 17.9. The Morgan fingerprint density at radius 1 is 1.32 bits per heavy atom. The number of rotatable bonds is 7. The van der Waals surface area contributed by atoms with Gasteiger partial charge >= 0.3 is 6.09 Å². The van der Waals surface area contributed by atoms with Gasteiger partial charge in [-0.2, -0.15) is 0 Å². The molecular weight excluding hydrogens is 352 g/mol. The van der Waals surface area contributed by atoms with Gasteiger partial charge in [-0.15, -0.1) is 0 Å². The summed E-state index contributed by atoms with van der Waals surface area (Å²) in [4.78, 5) is 13.5. The lowest BCUT2D eigenvalue weighted by Crippen LogP contribution is -2.44. The van der Waals surface area contributed by atoms with E-state index in [-0.39, 0.29) is 23.2 Å². The van der Waals surface area contributed by atoms with E-state index >= 15 is 0 Å². The molecule has 3 fully saturated rings. The van der Waals surface area contributed by atoms with Crippen LogP contribution in [0.4, 0.5) is 4.79 Å². The Morgan fingerprint density at radius 3 is 2.75 bits per heavy atom. The number of hydrogen-bond acceptors (Lipinski definition) is 4. The molecule has 2 heterocycles. The smallest absolute Gasteiger partial charge is 0.410 e. The standard InChI is InChI=1S/C23H36N2O3/c1-5-23(15-25(4)21(26)28-23)8-10-24-14-16-12-18(17-6-7-17)20-19(13-16)22(2,3)9-11-27-20/h12-13,17,19-20,24H,5-11,14-15H2,1-4H3. The van der Waals surface area contributed by atoms with Crippen molar-refractivity contribution in [3.05, 3.63) is 23.3 Å². The highest BCUT2D eigenvalue weighted by Crippen LogP contribution is 2.50. The molecule has 0 spiro atoms. The van der Waals surface area contributed by atoms with E-state index < -0.39 is 0 Å². The van der Waals surface area contributed by atoms with E-state index in [9.17, 15) is 4.79 Å². The molecule has 2 aliphatic heterocycles. The third kappa shape index (κ3) is 3.88. The minimum atomic E-state index is -0.334. The first-order valence-electron chi connectivity index (χ1n) is 11.0. The van der Waals surface area contributed by atoms with Gasteiger partial charge in [-0.1, -0.05) is 32.9 Å². The summed E-state index contributed by atoms with van der Waals surface area (Å²) in [7, 11) is 1.81. The summed E-state index contributed by atoms with van der Waals surface area (Å²) in [5.74, 6) is 1.21. The molecule has 0 aromatic heterocycles. The van der Waals surface area contributed by atoms with E-state index in [1.165, 1.54) is 24.0 Å². The molecule has 5 nitrogen and oxygen atoms in total. The lowest BCUT2D eigenvalue weighted by molar-refractivity contribution is -0.0548. The summed E-state index contributed by atoms with van der Waals surface area (Å²) in [6.07, 6.45) is 10.4. The normalized spacial score (nSPS) is 34.6. The highest BCUT2D eigenvalue weighted by Gasteiger charge is 2.45. The average Bonchev–Trinajstić information content (AvgIpc) is 3.45. The van der Waals surface area contributed by atoms with E-state index in [1.807, 2.05) is 7.05 Å². The van der Waals surface area contributed by atoms with Crippen LogP contribution in [0.5, 0.6) is 0 Å². The zero-order valence-electron chi connectivity index (χ0n) is 17.9. The zero-order chi connectivity index (χ0) is 19.9. The molecule has 4 aliphatic rings. The van der Waals surface area contributed by atoms with Crippen LogP contribution in [-0.2, 0) is 9.47 Å². The number of likely N-dealkylation sites (N-methyl/N-ethyl adjacent to an activating group) is 1. The number of ether oxygens (including phenoxy) is 2. The molecule has 28 heavy (non-hydrogen) atoms. The fraction of sp³-hybridized carbons (Fsp3) is 0.783. The summed E-state index contributed by atoms with van der Waals surface area (Å²) >= 11 is 0. The van der Waals surface area contributed by atoms with Gasteiger partial charge in [0.15, 0.2) is 0 Å². The molecule has 0 aromatic carbocycles. The molecule has 2 aliphatic carbocycles. The lowest BCUT2D eigenvalue weighted by atomic mass is 9.67. The van der Waals surface area contributed by atoms with Gasteiger partial charge in [0.25, 0.3) is 0 Å².